The van der Waals surface area contributed by atoms with Gasteiger partial charge in [-0.05, 0) is 24.8 Å². The molecule has 0 unspecified atom stereocenters. The predicted octanol–water partition coefficient (Wildman–Crippen LogP) is 3.05. The summed E-state index contributed by atoms with van der Waals surface area (Å²) in [5.41, 5.74) is 0.369. The van der Waals surface area contributed by atoms with Crippen molar-refractivity contribution < 1.29 is 14.3 Å². The van der Waals surface area contributed by atoms with Crippen molar-refractivity contribution in [3.8, 4) is 0 Å². The smallest absolute Gasteiger partial charge is 0.339 e. The molecule has 1 fully saturated rings. The highest BCUT2D eigenvalue weighted by Crippen LogP contribution is 2.43. The first kappa shape index (κ1) is 10.3. The van der Waals surface area contributed by atoms with Gasteiger partial charge in [0.15, 0.2) is 0 Å². The van der Waals surface area contributed by atoms with Crippen LogP contribution in [-0.4, -0.2) is 11.1 Å². The van der Waals surface area contributed by atoms with E-state index < -0.39 is 5.97 Å². The fraction of sp³-hybridized carbons (Fsp3) is 0.583. The van der Waals surface area contributed by atoms with E-state index in [2.05, 4.69) is 13.8 Å². The van der Waals surface area contributed by atoms with Crippen molar-refractivity contribution in [1.29, 1.82) is 0 Å². The molecule has 0 atom stereocenters. The first-order valence-corrected chi connectivity index (χ1v) is 5.44. The maximum Gasteiger partial charge on any atom is 0.339 e. The van der Waals surface area contributed by atoms with Crippen molar-refractivity contribution in [3.05, 3.63) is 23.2 Å². The van der Waals surface area contributed by atoms with E-state index in [9.17, 15) is 4.79 Å². The van der Waals surface area contributed by atoms with E-state index in [0.29, 0.717) is 23.2 Å². The standard InChI is InChI=1S/C12H16O3/c1-7(2)5-9-6-10(12(13)14)11(15-9)8-3-4-8/h6-8H,3-5H2,1-2H3,(H,13,14). The van der Waals surface area contributed by atoms with E-state index in [4.69, 9.17) is 9.52 Å². The van der Waals surface area contributed by atoms with E-state index in [0.717, 1.165) is 25.0 Å². The van der Waals surface area contributed by atoms with Crippen LogP contribution in [0.4, 0.5) is 0 Å². The van der Waals surface area contributed by atoms with Gasteiger partial charge in [0.05, 0.1) is 0 Å². The quantitative estimate of drug-likeness (QED) is 0.827. The van der Waals surface area contributed by atoms with Gasteiger partial charge in [0.2, 0.25) is 0 Å². The molecule has 0 radical (unpaired) electrons. The van der Waals surface area contributed by atoms with Crippen LogP contribution in [0.1, 0.15) is 54.5 Å². The molecule has 15 heavy (non-hydrogen) atoms. The Hall–Kier alpha value is -1.25. The van der Waals surface area contributed by atoms with Crippen LogP contribution >= 0.6 is 0 Å². The van der Waals surface area contributed by atoms with Crippen molar-refractivity contribution in [2.75, 3.05) is 0 Å². The predicted molar refractivity (Wildman–Crippen MR) is 56.2 cm³/mol. The number of carboxylic acids is 1. The second kappa shape index (κ2) is 3.72. The molecule has 3 nitrogen and oxygen atoms in total. The van der Waals surface area contributed by atoms with Crippen LogP contribution < -0.4 is 0 Å². The maximum atomic E-state index is 11.0. The third kappa shape index (κ3) is 2.22. The third-order valence-electron chi connectivity index (χ3n) is 2.60. The Morgan fingerprint density at radius 1 is 1.60 bits per heavy atom. The zero-order valence-corrected chi connectivity index (χ0v) is 9.12. The lowest BCUT2D eigenvalue weighted by molar-refractivity contribution is 0.0694. The van der Waals surface area contributed by atoms with Crippen LogP contribution in [0.15, 0.2) is 10.5 Å². The molecular formula is C12H16O3. The fourth-order valence-corrected chi connectivity index (χ4v) is 1.78. The zero-order valence-electron chi connectivity index (χ0n) is 9.12. The topological polar surface area (TPSA) is 50.4 Å². The number of furan rings is 1. The van der Waals surface area contributed by atoms with Crippen LogP contribution in [0.25, 0.3) is 0 Å². The van der Waals surface area contributed by atoms with Gasteiger partial charge < -0.3 is 9.52 Å². The van der Waals surface area contributed by atoms with Crippen LogP contribution in [0, 0.1) is 5.92 Å². The molecule has 0 saturated heterocycles. The minimum atomic E-state index is -0.865. The highest BCUT2D eigenvalue weighted by molar-refractivity contribution is 5.89. The molecule has 3 heteroatoms. The Balaban J connectivity index is 2.27. The number of carboxylic acid groups (broad SMARTS) is 1. The lowest BCUT2D eigenvalue weighted by Crippen LogP contribution is -1.97. The second-order valence-corrected chi connectivity index (χ2v) is 4.67. The van der Waals surface area contributed by atoms with Crippen molar-refractivity contribution in [2.24, 2.45) is 5.92 Å². The SMILES string of the molecule is CC(C)Cc1cc(C(=O)O)c(C2CC2)o1. The van der Waals surface area contributed by atoms with Gasteiger partial charge in [-0.25, -0.2) is 4.79 Å². The van der Waals surface area contributed by atoms with Crippen LogP contribution in [0.2, 0.25) is 0 Å². The summed E-state index contributed by atoms with van der Waals surface area (Å²) >= 11 is 0. The molecule has 1 heterocycles. The number of hydrogen-bond acceptors (Lipinski definition) is 2. The molecule has 0 amide bonds. The lowest BCUT2D eigenvalue weighted by atomic mass is 10.1. The van der Waals surface area contributed by atoms with Crippen LogP contribution in [0.3, 0.4) is 0 Å². The Kier molecular flexibility index (Phi) is 2.55. The van der Waals surface area contributed by atoms with Gasteiger partial charge in [-0.2, -0.15) is 0 Å². The summed E-state index contributed by atoms with van der Waals surface area (Å²) in [5, 5.41) is 9.03. The maximum absolute atomic E-state index is 11.0. The molecule has 0 aromatic carbocycles. The molecule has 1 aliphatic carbocycles. The average Bonchev–Trinajstić information content (AvgIpc) is 2.87. The largest absolute Gasteiger partial charge is 0.478 e. The highest BCUT2D eigenvalue weighted by atomic mass is 16.4. The van der Waals surface area contributed by atoms with E-state index in [1.54, 1.807) is 6.07 Å². The molecule has 1 aliphatic rings. The fourth-order valence-electron chi connectivity index (χ4n) is 1.78. The minimum absolute atomic E-state index is 0.358. The van der Waals surface area contributed by atoms with Crippen LogP contribution in [0.5, 0.6) is 0 Å². The normalized spacial score (nSPS) is 15.9. The van der Waals surface area contributed by atoms with Crippen molar-refractivity contribution >= 4 is 5.97 Å². The van der Waals surface area contributed by atoms with Crippen molar-refractivity contribution in [3.63, 3.8) is 0 Å². The van der Waals surface area contributed by atoms with E-state index in [-0.39, 0.29) is 0 Å². The summed E-state index contributed by atoms with van der Waals surface area (Å²) in [6.45, 7) is 4.19. The van der Waals surface area contributed by atoms with Crippen molar-refractivity contribution in [1.82, 2.24) is 0 Å². The lowest BCUT2D eigenvalue weighted by Gasteiger charge is -1.99. The zero-order chi connectivity index (χ0) is 11.0. The molecule has 1 aromatic heterocycles. The summed E-state index contributed by atoms with van der Waals surface area (Å²) in [7, 11) is 0. The number of carbonyl (C=O) groups is 1. The van der Waals surface area contributed by atoms with Crippen LogP contribution in [-0.2, 0) is 6.42 Å². The molecule has 0 bridgehead atoms. The summed E-state index contributed by atoms with van der Waals surface area (Å²) in [4.78, 5) is 11.0. The number of aromatic carboxylic acids is 1. The second-order valence-electron chi connectivity index (χ2n) is 4.67. The molecule has 0 spiro atoms. The summed E-state index contributed by atoms with van der Waals surface area (Å²) in [6, 6.07) is 1.69. The van der Waals surface area contributed by atoms with Gasteiger partial charge in [0.1, 0.15) is 17.1 Å². The van der Waals surface area contributed by atoms with E-state index >= 15 is 0 Å². The Bertz CT molecular complexity index is 372. The molecular weight excluding hydrogens is 192 g/mol. The molecule has 1 saturated carbocycles. The first-order chi connectivity index (χ1) is 7.08. The highest BCUT2D eigenvalue weighted by Gasteiger charge is 2.32. The molecule has 1 aromatic rings. The minimum Gasteiger partial charge on any atom is -0.478 e. The monoisotopic (exact) mass is 208 g/mol. The molecule has 2 rings (SSSR count). The van der Waals surface area contributed by atoms with E-state index in [1.165, 1.54) is 0 Å². The summed E-state index contributed by atoms with van der Waals surface area (Å²) in [6.07, 6.45) is 2.94. The Labute approximate surface area is 89.1 Å². The Morgan fingerprint density at radius 2 is 2.27 bits per heavy atom. The van der Waals surface area contributed by atoms with Crippen molar-refractivity contribution in [2.45, 2.75) is 39.0 Å². The van der Waals surface area contributed by atoms with Gasteiger partial charge in [-0.15, -0.1) is 0 Å². The first-order valence-electron chi connectivity index (χ1n) is 5.44. The van der Waals surface area contributed by atoms with E-state index in [1.807, 2.05) is 0 Å². The number of rotatable bonds is 4. The molecule has 0 aliphatic heterocycles. The van der Waals surface area contributed by atoms with Gasteiger partial charge in [0, 0.05) is 12.3 Å². The van der Waals surface area contributed by atoms with Gasteiger partial charge in [0.25, 0.3) is 0 Å². The molecule has 82 valence electrons. The molecule has 1 N–H and O–H groups in total. The summed E-state index contributed by atoms with van der Waals surface area (Å²) in [5.74, 6) is 1.49. The van der Waals surface area contributed by atoms with Gasteiger partial charge in [-0.1, -0.05) is 13.8 Å². The Morgan fingerprint density at radius 3 is 2.73 bits per heavy atom. The average molecular weight is 208 g/mol. The number of hydrogen-bond donors (Lipinski definition) is 1. The summed E-state index contributed by atoms with van der Waals surface area (Å²) < 4.78 is 5.63. The van der Waals surface area contributed by atoms with Gasteiger partial charge in [-0.3, -0.25) is 0 Å². The van der Waals surface area contributed by atoms with Gasteiger partial charge >= 0.3 is 5.97 Å². The third-order valence-corrected chi connectivity index (χ3v) is 2.60.